The number of oxazole rings is 1. The maximum Gasteiger partial charge on any atom is 0.387 e. The number of alkyl halides is 2. The average Bonchev–Trinajstić information content (AvgIpc) is 3.17. The first-order chi connectivity index (χ1) is 14.0. The third kappa shape index (κ3) is 5.07. The molecule has 2 heterocycles. The molecule has 1 N–H and O–H groups in total. The van der Waals surface area contributed by atoms with Crippen LogP contribution in [0.5, 0.6) is 11.5 Å². The molecule has 0 aliphatic rings. The van der Waals surface area contributed by atoms with Crippen molar-refractivity contribution in [1.82, 2.24) is 15.3 Å². The number of ether oxygens (including phenoxy) is 2. The van der Waals surface area contributed by atoms with Crippen molar-refractivity contribution < 1.29 is 27.5 Å². The Hall–Kier alpha value is -3.49. The summed E-state index contributed by atoms with van der Waals surface area (Å²) in [4.78, 5) is 20.6. The number of aromatic nitrogens is 2. The zero-order valence-corrected chi connectivity index (χ0v) is 15.8. The molecular formula is C20H19F2N3O4. The van der Waals surface area contributed by atoms with E-state index in [1.165, 1.54) is 24.5 Å². The van der Waals surface area contributed by atoms with Crippen LogP contribution in [0.25, 0.3) is 11.5 Å². The number of halogens is 2. The number of pyridine rings is 1. The summed E-state index contributed by atoms with van der Waals surface area (Å²) < 4.78 is 40.3. The van der Waals surface area contributed by atoms with Crippen LogP contribution in [0.1, 0.15) is 28.7 Å². The summed E-state index contributed by atoms with van der Waals surface area (Å²) in [6, 6.07) is 7.96. The smallest absolute Gasteiger partial charge is 0.387 e. The highest BCUT2D eigenvalue weighted by Gasteiger charge is 2.15. The number of nitrogens with one attached hydrogen (secondary N) is 1. The molecule has 0 aliphatic carbocycles. The maximum absolute atomic E-state index is 12.5. The second kappa shape index (κ2) is 9.13. The monoisotopic (exact) mass is 403 g/mol. The van der Waals surface area contributed by atoms with E-state index in [2.05, 4.69) is 20.0 Å². The van der Waals surface area contributed by atoms with Crippen molar-refractivity contribution in [2.24, 2.45) is 0 Å². The van der Waals surface area contributed by atoms with Crippen LogP contribution in [0.2, 0.25) is 0 Å². The van der Waals surface area contributed by atoms with Gasteiger partial charge in [-0.1, -0.05) is 6.07 Å². The average molecular weight is 403 g/mol. The van der Waals surface area contributed by atoms with Gasteiger partial charge in [0.05, 0.1) is 18.8 Å². The van der Waals surface area contributed by atoms with Gasteiger partial charge in [0.1, 0.15) is 12.0 Å². The molecular weight excluding hydrogens is 384 g/mol. The van der Waals surface area contributed by atoms with E-state index < -0.39 is 6.61 Å². The van der Waals surface area contributed by atoms with Crippen molar-refractivity contribution in [3.63, 3.8) is 0 Å². The minimum atomic E-state index is -2.96. The number of hydrogen-bond acceptors (Lipinski definition) is 6. The summed E-state index contributed by atoms with van der Waals surface area (Å²) in [6.45, 7) is 0.989. The van der Waals surface area contributed by atoms with E-state index >= 15 is 0 Å². The molecule has 0 aliphatic heterocycles. The zero-order chi connectivity index (χ0) is 20.8. The number of hydrogen-bond donors (Lipinski definition) is 1. The molecule has 0 saturated carbocycles. The van der Waals surface area contributed by atoms with Gasteiger partial charge in [-0.05, 0) is 43.7 Å². The lowest BCUT2D eigenvalue weighted by Crippen LogP contribution is -2.24. The molecule has 29 heavy (non-hydrogen) atoms. The first-order valence-electron chi connectivity index (χ1n) is 8.84. The summed E-state index contributed by atoms with van der Waals surface area (Å²) in [5, 5.41) is 2.73. The maximum atomic E-state index is 12.5. The predicted molar refractivity (Wildman–Crippen MR) is 99.9 cm³/mol. The van der Waals surface area contributed by atoms with Crippen molar-refractivity contribution >= 4 is 5.91 Å². The van der Waals surface area contributed by atoms with Gasteiger partial charge in [0.2, 0.25) is 5.89 Å². The molecule has 7 nitrogen and oxygen atoms in total. The van der Waals surface area contributed by atoms with Gasteiger partial charge < -0.3 is 19.2 Å². The van der Waals surface area contributed by atoms with Gasteiger partial charge in [-0.15, -0.1) is 0 Å². The minimum Gasteiger partial charge on any atom is -0.490 e. The Kier molecular flexibility index (Phi) is 6.38. The Bertz CT molecular complexity index is 991. The molecule has 0 saturated heterocycles. The molecule has 0 spiro atoms. The van der Waals surface area contributed by atoms with Crippen LogP contribution >= 0.6 is 0 Å². The Morgan fingerprint density at radius 2 is 2.10 bits per heavy atom. The van der Waals surface area contributed by atoms with Gasteiger partial charge in [-0.25, -0.2) is 4.98 Å². The largest absolute Gasteiger partial charge is 0.490 e. The van der Waals surface area contributed by atoms with Gasteiger partial charge >= 0.3 is 6.61 Å². The van der Waals surface area contributed by atoms with Gasteiger partial charge in [0, 0.05) is 11.8 Å². The van der Waals surface area contributed by atoms with Crippen LogP contribution < -0.4 is 14.8 Å². The number of aryl methyl sites for hydroxylation is 1. The van der Waals surface area contributed by atoms with E-state index in [1.54, 1.807) is 32.2 Å². The third-order valence-electron chi connectivity index (χ3n) is 3.91. The molecule has 3 rings (SSSR count). The van der Waals surface area contributed by atoms with Gasteiger partial charge in [-0.3, -0.25) is 9.78 Å². The van der Waals surface area contributed by atoms with Gasteiger partial charge in [0.25, 0.3) is 5.91 Å². The molecule has 152 valence electrons. The summed E-state index contributed by atoms with van der Waals surface area (Å²) in [6.07, 6.45) is 2.96. The molecule has 0 atom stereocenters. The normalized spacial score (nSPS) is 10.8. The molecule has 1 aromatic carbocycles. The van der Waals surface area contributed by atoms with Crippen LogP contribution in [-0.2, 0) is 6.54 Å². The highest BCUT2D eigenvalue weighted by Crippen LogP contribution is 2.33. The van der Waals surface area contributed by atoms with E-state index in [0.29, 0.717) is 17.0 Å². The fourth-order valence-corrected chi connectivity index (χ4v) is 2.60. The summed E-state index contributed by atoms with van der Waals surface area (Å²) in [5.41, 5.74) is 2.12. The SMILES string of the molecule is CCOc1cc(-c2nc(CNC(=O)c3ncccc3C)co2)ccc1OC(F)F. The van der Waals surface area contributed by atoms with Crippen molar-refractivity contribution in [3.8, 4) is 23.0 Å². The van der Waals surface area contributed by atoms with E-state index in [9.17, 15) is 13.6 Å². The second-order valence-corrected chi connectivity index (χ2v) is 5.97. The van der Waals surface area contributed by atoms with Crippen molar-refractivity contribution in [2.45, 2.75) is 27.0 Å². The predicted octanol–water partition coefficient (Wildman–Crippen LogP) is 3.98. The number of carbonyl (C=O) groups is 1. The highest BCUT2D eigenvalue weighted by atomic mass is 19.3. The first kappa shape index (κ1) is 20.2. The van der Waals surface area contributed by atoms with Crippen LogP contribution in [0, 0.1) is 6.92 Å². The Labute approximate surface area is 165 Å². The lowest BCUT2D eigenvalue weighted by Gasteiger charge is -2.11. The molecule has 0 fully saturated rings. The molecule has 1 amide bonds. The number of carbonyl (C=O) groups excluding carboxylic acids is 1. The van der Waals surface area contributed by atoms with E-state index in [4.69, 9.17) is 9.15 Å². The van der Waals surface area contributed by atoms with Gasteiger partial charge in [-0.2, -0.15) is 8.78 Å². The summed E-state index contributed by atoms with van der Waals surface area (Å²) >= 11 is 0. The number of rotatable bonds is 8. The number of nitrogens with zero attached hydrogens (tertiary/aromatic N) is 2. The molecule has 0 bridgehead atoms. The van der Waals surface area contributed by atoms with Crippen molar-refractivity contribution in [2.75, 3.05) is 6.61 Å². The molecule has 0 radical (unpaired) electrons. The van der Waals surface area contributed by atoms with Crippen LogP contribution in [0.15, 0.2) is 47.2 Å². The fourth-order valence-electron chi connectivity index (χ4n) is 2.60. The minimum absolute atomic E-state index is 0.0737. The lowest BCUT2D eigenvalue weighted by atomic mass is 10.2. The Balaban J connectivity index is 1.71. The fraction of sp³-hybridized carbons (Fsp3) is 0.250. The summed E-state index contributed by atoms with van der Waals surface area (Å²) in [5.74, 6) is 0.0203. The van der Waals surface area contributed by atoms with Crippen LogP contribution in [-0.4, -0.2) is 29.1 Å². The van der Waals surface area contributed by atoms with Crippen molar-refractivity contribution in [3.05, 3.63) is 59.7 Å². The second-order valence-electron chi connectivity index (χ2n) is 5.97. The molecule has 9 heteroatoms. The van der Waals surface area contributed by atoms with Crippen LogP contribution in [0.3, 0.4) is 0 Å². The Morgan fingerprint density at radius 3 is 2.83 bits per heavy atom. The highest BCUT2D eigenvalue weighted by molar-refractivity contribution is 5.93. The lowest BCUT2D eigenvalue weighted by molar-refractivity contribution is -0.0514. The van der Waals surface area contributed by atoms with E-state index in [-0.39, 0.29) is 36.4 Å². The standard InChI is InChI=1S/C20H19F2N3O4/c1-3-27-16-9-13(6-7-15(16)29-20(21)22)19-25-14(11-28-19)10-24-18(26)17-12(2)5-4-8-23-17/h4-9,11,20H,3,10H2,1-2H3,(H,24,26). The number of benzene rings is 1. The topological polar surface area (TPSA) is 86.5 Å². The van der Waals surface area contributed by atoms with Crippen molar-refractivity contribution in [1.29, 1.82) is 0 Å². The summed E-state index contributed by atoms with van der Waals surface area (Å²) in [7, 11) is 0. The van der Waals surface area contributed by atoms with Gasteiger partial charge in [0.15, 0.2) is 11.5 Å². The van der Waals surface area contributed by atoms with E-state index in [1.807, 2.05) is 0 Å². The molecule has 2 aromatic heterocycles. The number of amides is 1. The van der Waals surface area contributed by atoms with E-state index in [0.717, 1.165) is 5.56 Å². The zero-order valence-electron chi connectivity index (χ0n) is 15.8. The Morgan fingerprint density at radius 1 is 1.28 bits per heavy atom. The molecule has 0 unspecified atom stereocenters. The molecule has 3 aromatic rings. The van der Waals surface area contributed by atoms with Crippen LogP contribution in [0.4, 0.5) is 8.78 Å². The third-order valence-corrected chi connectivity index (χ3v) is 3.91. The quantitative estimate of drug-likeness (QED) is 0.612. The first-order valence-corrected chi connectivity index (χ1v) is 8.84.